The number of pyridine rings is 1. The standard InChI is InChI=1S/C17H19FN2O2S/c1-11(2)23(21,22)20-15-9-12-6-7-13(8-14(12)10-15)16-4-3-5-17(18)19-16/h3-8,11,15,20H,9-10H2,1-2H3/t15-/m0/s1. The average Bonchev–Trinajstić information content (AvgIpc) is 2.87. The number of halogens is 1. The lowest BCUT2D eigenvalue weighted by Gasteiger charge is -2.14. The number of nitrogens with one attached hydrogen (secondary N) is 1. The van der Waals surface area contributed by atoms with Crippen molar-refractivity contribution < 1.29 is 12.8 Å². The number of benzene rings is 1. The normalized spacial score (nSPS) is 17.5. The first-order valence-electron chi connectivity index (χ1n) is 7.61. The molecule has 4 nitrogen and oxygen atoms in total. The van der Waals surface area contributed by atoms with Gasteiger partial charge in [0, 0.05) is 11.6 Å². The highest BCUT2D eigenvalue weighted by Crippen LogP contribution is 2.28. The zero-order valence-corrected chi connectivity index (χ0v) is 13.9. The van der Waals surface area contributed by atoms with Crippen LogP contribution in [-0.4, -0.2) is 24.7 Å². The number of hydrogen-bond donors (Lipinski definition) is 1. The topological polar surface area (TPSA) is 59.1 Å². The number of hydrogen-bond acceptors (Lipinski definition) is 3. The lowest BCUT2D eigenvalue weighted by molar-refractivity contribution is 0.547. The number of nitrogens with zero attached hydrogens (tertiary/aromatic N) is 1. The van der Waals surface area contributed by atoms with Crippen molar-refractivity contribution in [3.63, 3.8) is 0 Å². The molecule has 0 saturated carbocycles. The minimum Gasteiger partial charge on any atom is -0.220 e. The van der Waals surface area contributed by atoms with Crippen molar-refractivity contribution in [3.8, 4) is 11.3 Å². The van der Waals surface area contributed by atoms with Gasteiger partial charge in [0.15, 0.2) is 0 Å². The minimum atomic E-state index is -3.28. The summed E-state index contributed by atoms with van der Waals surface area (Å²) >= 11 is 0. The molecule has 0 spiro atoms. The van der Waals surface area contributed by atoms with Crippen molar-refractivity contribution in [2.24, 2.45) is 0 Å². The summed E-state index contributed by atoms with van der Waals surface area (Å²) < 4.78 is 40.0. The summed E-state index contributed by atoms with van der Waals surface area (Å²) in [5.41, 5.74) is 3.64. The molecule has 0 unspecified atom stereocenters. The quantitative estimate of drug-likeness (QED) is 0.875. The molecule has 1 heterocycles. The molecule has 0 radical (unpaired) electrons. The molecule has 0 aliphatic heterocycles. The van der Waals surface area contributed by atoms with E-state index in [1.54, 1.807) is 26.0 Å². The molecule has 0 saturated heterocycles. The molecule has 1 aliphatic carbocycles. The Morgan fingerprint density at radius 2 is 1.91 bits per heavy atom. The predicted octanol–water partition coefficient (Wildman–Crippen LogP) is 2.68. The van der Waals surface area contributed by atoms with Crippen LogP contribution >= 0.6 is 0 Å². The fourth-order valence-corrected chi connectivity index (χ4v) is 3.70. The van der Waals surface area contributed by atoms with Gasteiger partial charge in [-0.2, -0.15) is 4.39 Å². The highest BCUT2D eigenvalue weighted by molar-refractivity contribution is 7.90. The molecule has 1 atom stereocenters. The molecule has 1 aromatic carbocycles. The first-order valence-corrected chi connectivity index (χ1v) is 9.15. The summed E-state index contributed by atoms with van der Waals surface area (Å²) in [5.74, 6) is -0.509. The lowest BCUT2D eigenvalue weighted by Crippen LogP contribution is -2.39. The largest absolute Gasteiger partial charge is 0.220 e. The van der Waals surface area contributed by atoms with Crippen LogP contribution in [0.3, 0.4) is 0 Å². The molecule has 3 rings (SSSR count). The Bertz CT molecular complexity index is 834. The molecular weight excluding hydrogens is 315 g/mol. The molecular formula is C17H19FN2O2S. The summed E-state index contributed by atoms with van der Waals surface area (Å²) in [6.07, 6.45) is 1.32. The van der Waals surface area contributed by atoms with Gasteiger partial charge in [-0.15, -0.1) is 0 Å². The summed E-state index contributed by atoms with van der Waals surface area (Å²) in [6.45, 7) is 3.33. The predicted molar refractivity (Wildman–Crippen MR) is 88.0 cm³/mol. The Morgan fingerprint density at radius 1 is 1.17 bits per heavy atom. The van der Waals surface area contributed by atoms with Gasteiger partial charge in [-0.05, 0) is 56.0 Å². The Morgan fingerprint density at radius 3 is 2.61 bits per heavy atom. The van der Waals surface area contributed by atoms with Crippen LogP contribution in [0.4, 0.5) is 4.39 Å². The SMILES string of the molecule is CC(C)S(=O)(=O)N[C@H]1Cc2ccc(-c3cccc(F)n3)cc2C1. The maximum Gasteiger partial charge on any atom is 0.214 e. The van der Waals surface area contributed by atoms with Crippen LogP contribution in [0.25, 0.3) is 11.3 Å². The molecule has 23 heavy (non-hydrogen) atoms. The minimum absolute atomic E-state index is 0.117. The second-order valence-corrected chi connectivity index (χ2v) is 8.41. The van der Waals surface area contributed by atoms with Crippen LogP contribution in [0.5, 0.6) is 0 Å². The molecule has 0 bridgehead atoms. The molecule has 1 N–H and O–H groups in total. The summed E-state index contributed by atoms with van der Waals surface area (Å²) in [5, 5.41) is -0.446. The highest BCUT2D eigenvalue weighted by Gasteiger charge is 2.27. The van der Waals surface area contributed by atoms with E-state index in [4.69, 9.17) is 0 Å². The molecule has 1 aliphatic rings. The van der Waals surface area contributed by atoms with E-state index in [0.717, 1.165) is 16.7 Å². The maximum absolute atomic E-state index is 13.3. The van der Waals surface area contributed by atoms with Crippen molar-refractivity contribution in [3.05, 3.63) is 53.5 Å². The zero-order valence-electron chi connectivity index (χ0n) is 13.1. The van der Waals surface area contributed by atoms with Gasteiger partial charge >= 0.3 is 0 Å². The summed E-state index contributed by atoms with van der Waals surface area (Å²) in [6, 6.07) is 10.4. The number of sulfonamides is 1. The van der Waals surface area contributed by atoms with Crippen LogP contribution in [0.15, 0.2) is 36.4 Å². The van der Waals surface area contributed by atoms with E-state index in [9.17, 15) is 12.8 Å². The molecule has 0 fully saturated rings. The van der Waals surface area contributed by atoms with Gasteiger partial charge in [0.05, 0.1) is 10.9 Å². The molecule has 0 amide bonds. The third-order valence-electron chi connectivity index (χ3n) is 4.10. The van der Waals surface area contributed by atoms with E-state index in [1.807, 2.05) is 18.2 Å². The second-order valence-electron chi connectivity index (χ2n) is 6.15. The fourth-order valence-electron chi connectivity index (χ4n) is 2.80. The number of aromatic nitrogens is 1. The number of rotatable bonds is 4. The first-order chi connectivity index (χ1) is 10.8. The van der Waals surface area contributed by atoms with E-state index in [0.29, 0.717) is 18.5 Å². The van der Waals surface area contributed by atoms with Gasteiger partial charge < -0.3 is 0 Å². The zero-order chi connectivity index (χ0) is 16.6. The van der Waals surface area contributed by atoms with E-state index < -0.39 is 21.2 Å². The summed E-state index contributed by atoms with van der Waals surface area (Å²) in [4.78, 5) is 3.89. The van der Waals surface area contributed by atoms with Gasteiger partial charge in [-0.25, -0.2) is 18.1 Å². The van der Waals surface area contributed by atoms with Crippen LogP contribution in [0.1, 0.15) is 25.0 Å². The summed E-state index contributed by atoms with van der Waals surface area (Å²) in [7, 11) is -3.28. The molecule has 6 heteroatoms. The maximum atomic E-state index is 13.3. The first kappa shape index (κ1) is 16.1. The van der Waals surface area contributed by atoms with Gasteiger partial charge in [0.1, 0.15) is 0 Å². The van der Waals surface area contributed by atoms with Crippen LogP contribution in [0, 0.1) is 5.95 Å². The van der Waals surface area contributed by atoms with E-state index in [1.165, 1.54) is 6.07 Å². The van der Waals surface area contributed by atoms with Crippen molar-refractivity contribution in [2.75, 3.05) is 0 Å². The van der Waals surface area contributed by atoms with Gasteiger partial charge in [-0.1, -0.05) is 18.2 Å². The molecule has 2 aromatic rings. The van der Waals surface area contributed by atoms with Gasteiger partial charge in [0.2, 0.25) is 16.0 Å². The van der Waals surface area contributed by atoms with E-state index in [2.05, 4.69) is 9.71 Å². The monoisotopic (exact) mass is 334 g/mol. The van der Waals surface area contributed by atoms with Crippen molar-refractivity contribution >= 4 is 10.0 Å². The highest BCUT2D eigenvalue weighted by atomic mass is 32.2. The second kappa shape index (κ2) is 6.02. The van der Waals surface area contributed by atoms with Crippen molar-refractivity contribution in [2.45, 2.75) is 38.0 Å². The molecule has 122 valence electrons. The lowest BCUT2D eigenvalue weighted by atomic mass is 10.0. The van der Waals surface area contributed by atoms with Crippen LogP contribution in [0.2, 0.25) is 0 Å². The number of fused-ring (bicyclic) bond motifs is 1. The third-order valence-corrected chi connectivity index (χ3v) is 6.00. The van der Waals surface area contributed by atoms with E-state index in [-0.39, 0.29) is 6.04 Å². The van der Waals surface area contributed by atoms with Crippen LogP contribution < -0.4 is 4.72 Å². The van der Waals surface area contributed by atoms with Gasteiger partial charge in [0.25, 0.3) is 0 Å². The fraction of sp³-hybridized carbons (Fsp3) is 0.353. The Hall–Kier alpha value is -1.79. The Labute approximate surface area is 135 Å². The van der Waals surface area contributed by atoms with E-state index >= 15 is 0 Å². The smallest absolute Gasteiger partial charge is 0.214 e. The van der Waals surface area contributed by atoms with Crippen LogP contribution in [-0.2, 0) is 22.9 Å². The Kier molecular flexibility index (Phi) is 4.21. The van der Waals surface area contributed by atoms with Crippen molar-refractivity contribution in [1.29, 1.82) is 0 Å². The third kappa shape index (κ3) is 3.43. The average molecular weight is 334 g/mol. The van der Waals surface area contributed by atoms with Crippen molar-refractivity contribution in [1.82, 2.24) is 9.71 Å². The van der Waals surface area contributed by atoms with Gasteiger partial charge in [-0.3, -0.25) is 0 Å². The Balaban J connectivity index is 1.82. The molecule has 1 aromatic heterocycles.